The highest BCUT2D eigenvalue weighted by Crippen LogP contribution is 2.49. The molecular weight excluding hydrogens is 410 g/mol. The van der Waals surface area contributed by atoms with Crippen LogP contribution in [0.25, 0.3) is 0 Å². The second-order valence-corrected chi connectivity index (χ2v) is 10.6. The number of piperidine rings is 1. The fourth-order valence-corrected chi connectivity index (χ4v) is 5.04. The number of hydrogen-bond acceptors (Lipinski definition) is 6. The molecule has 8 heteroatoms. The summed E-state index contributed by atoms with van der Waals surface area (Å²) in [4.78, 5) is 37.5. The molecule has 4 rings (SSSR count). The van der Waals surface area contributed by atoms with Crippen LogP contribution in [0.4, 0.5) is 10.5 Å². The molecule has 174 valence electrons. The topological polar surface area (TPSA) is 97.0 Å². The maximum atomic E-state index is 12.4. The van der Waals surface area contributed by atoms with Gasteiger partial charge in [0.05, 0.1) is 6.10 Å². The average molecular weight is 444 g/mol. The Morgan fingerprint density at radius 3 is 2.56 bits per heavy atom. The predicted octanol–water partition coefficient (Wildman–Crippen LogP) is 3.32. The van der Waals surface area contributed by atoms with Gasteiger partial charge >= 0.3 is 6.09 Å². The molecule has 0 spiro atoms. The minimum atomic E-state index is -0.486. The fraction of sp³-hybridized carbons (Fsp3) is 0.625. The summed E-state index contributed by atoms with van der Waals surface area (Å²) in [5.74, 6) is 0.679. The van der Waals surface area contributed by atoms with Crippen LogP contribution in [0, 0.1) is 11.3 Å². The van der Waals surface area contributed by atoms with Gasteiger partial charge in [0.2, 0.25) is 11.8 Å². The molecule has 32 heavy (non-hydrogen) atoms. The zero-order valence-corrected chi connectivity index (χ0v) is 19.3. The number of carbonyl (C=O) groups excluding carboxylic acids is 3. The van der Waals surface area contributed by atoms with E-state index in [4.69, 9.17) is 9.47 Å². The van der Waals surface area contributed by atoms with Gasteiger partial charge in [0, 0.05) is 25.2 Å². The minimum absolute atomic E-state index is 0.0366. The first-order valence-electron chi connectivity index (χ1n) is 11.4. The van der Waals surface area contributed by atoms with Crippen molar-refractivity contribution in [1.29, 1.82) is 0 Å². The first-order chi connectivity index (χ1) is 15.0. The highest BCUT2D eigenvalue weighted by molar-refractivity contribution is 6.01. The van der Waals surface area contributed by atoms with Gasteiger partial charge in [0.1, 0.15) is 17.4 Å². The van der Waals surface area contributed by atoms with Crippen LogP contribution in [0.15, 0.2) is 24.3 Å². The molecule has 1 aromatic rings. The molecule has 8 nitrogen and oxygen atoms in total. The zero-order valence-electron chi connectivity index (χ0n) is 19.3. The van der Waals surface area contributed by atoms with Crippen LogP contribution in [-0.2, 0) is 14.3 Å². The number of fused-ring (bicyclic) bond motifs is 1. The summed E-state index contributed by atoms with van der Waals surface area (Å²) >= 11 is 0. The van der Waals surface area contributed by atoms with Crippen LogP contribution >= 0.6 is 0 Å². The number of carbonyl (C=O) groups is 3. The van der Waals surface area contributed by atoms with Gasteiger partial charge in [-0.05, 0) is 75.6 Å². The number of hydrogen-bond donors (Lipinski definition) is 2. The van der Waals surface area contributed by atoms with Gasteiger partial charge in [-0.2, -0.15) is 0 Å². The molecule has 0 aromatic heterocycles. The van der Waals surface area contributed by atoms with Crippen molar-refractivity contribution in [3.63, 3.8) is 0 Å². The molecule has 0 radical (unpaired) electrons. The van der Waals surface area contributed by atoms with Crippen molar-refractivity contribution < 1.29 is 23.9 Å². The number of nitrogens with one attached hydrogen (secondary N) is 2. The summed E-state index contributed by atoms with van der Waals surface area (Å²) in [6.07, 6.45) is 2.52. The van der Waals surface area contributed by atoms with Crippen molar-refractivity contribution in [2.75, 3.05) is 18.4 Å². The van der Waals surface area contributed by atoms with Crippen molar-refractivity contribution in [3.05, 3.63) is 24.3 Å². The molecule has 3 fully saturated rings. The number of nitrogens with zero attached hydrogens (tertiary/aromatic N) is 1. The van der Waals surface area contributed by atoms with Crippen LogP contribution in [-0.4, -0.2) is 53.6 Å². The maximum absolute atomic E-state index is 12.4. The summed E-state index contributed by atoms with van der Waals surface area (Å²) in [5.41, 5.74) is 0.366. The second-order valence-electron chi connectivity index (χ2n) is 10.6. The van der Waals surface area contributed by atoms with Crippen LogP contribution in [0.1, 0.15) is 53.4 Å². The largest absolute Gasteiger partial charge is 0.490 e. The Morgan fingerprint density at radius 2 is 1.94 bits per heavy atom. The Morgan fingerprint density at radius 1 is 1.22 bits per heavy atom. The first-order valence-corrected chi connectivity index (χ1v) is 11.4. The lowest BCUT2D eigenvalue weighted by Gasteiger charge is -2.27. The maximum Gasteiger partial charge on any atom is 0.410 e. The fourth-order valence-electron chi connectivity index (χ4n) is 5.04. The lowest BCUT2D eigenvalue weighted by atomic mass is 9.83. The molecule has 4 atom stereocenters. The summed E-state index contributed by atoms with van der Waals surface area (Å²) in [5, 5.41) is 5.53. The van der Waals surface area contributed by atoms with Crippen molar-refractivity contribution in [2.24, 2.45) is 11.3 Å². The van der Waals surface area contributed by atoms with Gasteiger partial charge in [-0.15, -0.1) is 0 Å². The van der Waals surface area contributed by atoms with E-state index in [0.29, 0.717) is 31.8 Å². The highest BCUT2D eigenvalue weighted by Gasteiger charge is 2.52. The average Bonchev–Trinajstić information content (AvgIpc) is 3.15. The third-order valence-electron chi connectivity index (χ3n) is 6.61. The summed E-state index contributed by atoms with van der Waals surface area (Å²) in [6.45, 7) is 9.30. The molecule has 0 bridgehead atoms. The number of imide groups is 1. The Hall–Kier alpha value is -2.77. The Balaban J connectivity index is 1.29. The Kier molecular flexibility index (Phi) is 5.81. The van der Waals surface area contributed by atoms with E-state index in [1.54, 1.807) is 0 Å². The van der Waals surface area contributed by atoms with E-state index in [1.165, 1.54) is 0 Å². The molecule has 2 aliphatic heterocycles. The van der Waals surface area contributed by atoms with Crippen molar-refractivity contribution in [3.8, 4) is 5.75 Å². The molecule has 3 aliphatic rings. The minimum Gasteiger partial charge on any atom is -0.490 e. The Bertz CT molecular complexity index is 894. The van der Waals surface area contributed by atoms with E-state index < -0.39 is 11.6 Å². The van der Waals surface area contributed by atoms with Crippen molar-refractivity contribution in [1.82, 2.24) is 10.2 Å². The van der Waals surface area contributed by atoms with E-state index in [1.807, 2.05) is 49.9 Å². The normalized spacial score (nSPS) is 30.0. The monoisotopic (exact) mass is 443 g/mol. The Labute approximate surface area is 189 Å². The molecular formula is C24H33N3O5. The van der Waals surface area contributed by atoms with Gasteiger partial charge in [-0.25, -0.2) is 4.79 Å². The van der Waals surface area contributed by atoms with Gasteiger partial charge in [-0.3, -0.25) is 14.9 Å². The molecule has 2 heterocycles. The molecule has 2 N–H and O–H groups in total. The van der Waals surface area contributed by atoms with Gasteiger partial charge in [0.25, 0.3) is 0 Å². The smallest absolute Gasteiger partial charge is 0.410 e. The molecule has 1 aromatic carbocycles. The molecule has 1 unspecified atom stereocenters. The zero-order chi connectivity index (χ0) is 23.1. The van der Waals surface area contributed by atoms with Crippen molar-refractivity contribution in [2.45, 2.75) is 71.1 Å². The first kappa shape index (κ1) is 22.4. The van der Waals surface area contributed by atoms with E-state index in [2.05, 4.69) is 17.6 Å². The summed E-state index contributed by atoms with van der Waals surface area (Å²) < 4.78 is 11.8. The van der Waals surface area contributed by atoms with Crippen LogP contribution in [0.3, 0.4) is 0 Å². The lowest BCUT2D eigenvalue weighted by molar-refractivity contribution is -0.133. The van der Waals surface area contributed by atoms with Crippen LogP contribution in [0.5, 0.6) is 5.75 Å². The standard InChI is InChI=1S/C24H33N3O5/c1-23(2,3)32-22(30)27-13-15-11-18(12-24(15,4)14-27)31-17-7-5-16(6-8-17)25-19-9-10-20(28)26-21(19)29/h5-8,15,18-19,25H,9-14H2,1-4H3,(H,26,28,29)/t15-,18-,19?,24+/m1/s1. The molecule has 3 amide bonds. The quantitative estimate of drug-likeness (QED) is 0.693. The van der Waals surface area contributed by atoms with Crippen LogP contribution < -0.4 is 15.4 Å². The number of likely N-dealkylation sites (tertiary alicyclic amines) is 1. The number of ether oxygens (including phenoxy) is 2. The van der Waals surface area contributed by atoms with Gasteiger partial charge < -0.3 is 19.7 Å². The van der Waals surface area contributed by atoms with Crippen molar-refractivity contribution >= 4 is 23.6 Å². The second kappa shape index (κ2) is 8.30. The van der Waals surface area contributed by atoms with E-state index >= 15 is 0 Å². The van der Waals surface area contributed by atoms with Gasteiger partial charge in [-0.1, -0.05) is 6.92 Å². The van der Waals surface area contributed by atoms with Crippen LogP contribution in [0.2, 0.25) is 0 Å². The van der Waals surface area contributed by atoms with E-state index in [9.17, 15) is 14.4 Å². The highest BCUT2D eigenvalue weighted by atomic mass is 16.6. The van der Waals surface area contributed by atoms with E-state index in [-0.39, 0.29) is 29.4 Å². The number of rotatable bonds is 4. The molecule has 1 saturated carbocycles. The summed E-state index contributed by atoms with van der Waals surface area (Å²) in [7, 11) is 0. The third-order valence-corrected chi connectivity index (χ3v) is 6.61. The third kappa shape index (κ3) is 5.00. The number of amides is 3. The lowest BCUT2D eigenvalue weighted by Crippen LogP contribution is -2.47. The van der Waals surface area contributed by atoms with Gasteiger partial charge in [0.15, 0.2) is 0 Å². The number of benzene rings is 1. The molecule has 1 aliphatic carbocycles. The summed E-state index contributed by atoms with van der Waals surface area (Å²) in [6, 6.07) is 7.18. The van der Waals surface area contributed by atoms with E-state index in [0.717, 1.165) is 24.3 Å². The number of anilines is 1. The molecule has 2 saturated heterocycles. The predicted molar refractivity (Wildman–Crippen MR) is 119 cm³/mol. The SMILES string of the molecule is CC(C)(C)OC(=O)N1C[C@H]2C[C@@H](Oc3ccc(NC4CCC(=O)NC4=O)cc3)C[C@@]2(C)C1.